The first-order valence-electron chi connectivity index (χ1n) is 13.4. The van der Waals surface area contributed by atoms with Crippen molar-refractivity contribution in [1.82, 2.24) is 25.1 Å². The number of benzene rings is 2. The van der Waals surface area contributed by atoms with Gasteiger partial charge in [-0.2, -0.15) is 15.1 Å². The lowest BCUT2D eigenvalue weighted by molar-refractivity contribution is -0.126. The topological polar surface area (TPSA) is 96.5 Å². The molecular weight excluding hydrogens is 492 g/mol. The normalized spacial score (nSPS) is 17.7. The van der Waals surface area contributed by atoms with Crippen LogP contribution in [-0.2, 0) is 4.79 Å². The van der Waals surface area contributed by atoms with E-state index in [1.54, 1.807) is 11.1 Å². The molecule has 4 aromatic rings. The molecule has 2 aliphatic rings. The van der Waals surface area contributed by atoms with Crippen molar-refractivity contribution >= 4 is 33.5 Å². The fourth-order valence-corrected chi connectivity index (χ4v) is 5.45. The number of carbonyl (C=O) groups is 1. The van der Waals surface area contributed by atoms with Gasteiger partial charge in [-0.15, -0.1) is 0 Å². The van der Waals surface area contributed by atoms with Gasteiger partial charge in [0.25, 0.3) is 0 Å². The van der Waals surface area contributed by atoms with E-state index < -0.39 is 0 Å². The van der Waals surface area contributed by atoms with Crippen molar-refractivity contribution in [3.05, 3.63) is 66.9 Å². The SMILES string of the molecule is C=CC(=O)N1CCN(c2nc(OC[C@@H]3CCC(=C)C3)nc3c(Oc4c(C)ccc5[nH]ncc45)cccc23)CC1. The highest BCUT2D eigenvalue weighted by atomic mass is 16.5. The Morgan fingerprint density at radius 2 is 2.00 bits per heavy atom. The summed E-state index contributed by atoms with van der Waals surface area (Å²) in [4.78, 5) is 25.9. The van der Waals surface area contributed by atoms with Crippen LogP contribution in [0.5, 0.6) is 17.5 Å². The zero-order chi connectivity index (χ0) is 26.9. The second kappa shape index (κ2) is 10.4. The maximum absolute atomic E-state index is 12.1. The lowest BCUT2D eigenvalue weighted by Gasteiger charge is -2.35. The molecule has 1 saturated heterocycles. The van der Waals surface area contributed by atoms with Gasteiger partial charge in [0.1, 0.15) is 17.1 Å². The van der Waals surface area contributed by atoms with E-state index >= 15 is 0 Å². The highest BCUT2D eigenvalue weighted by molar-refractivity contribution is 5.95. The lowest BCUT2D eigenvalue weighted by atomic mass is 10.1. The number of rotatable bonds is 7. The monoisotopic (exact) mass is 524 g/mol. The largest absolute Gasteiger partial charge is 0.463 e. The van der Waals surface area contributed by atoms with Crippen molar-refractivity contribution in [3.63, 3.8) is 0 Å². The number of aryl methyl sites for hydroxylation is 1. The quantitative estimate of drug-likeness (QED) is 0.263. The van der Waals surface area contributed by atoms with Crippen LogP contribution in [0.1, 0.15) is 24.8 Å². The molecule has 39 heavy (non-hydrogen) atoms. The molecule has 2 aromatic heterocycles. The molecule has 1 saturated carbocycles. The summed E-state index contributed by atoms with van der Waals surface area (Å²) in [5, 5.41) is 8.98. The number of H-pyrrole nitrogens is 1. The minimum atomic E-state index is -0.0520. The molecule has 2 aromatic carbocycles. The zero-order valence-electron chi connectivity index (χ0n) is 22.2. The average molecular weight is 525 g/mol. The maximum Gasteiger partial charge on any atom is 0.319 e. The molecule has 1 N–H and O–H groups in total. The minimum absolute atomic E-state index is 0.0520. The number of hydrogen-bond acceptors (Lipinski definition) is 7. The molecular formula is C30H32N6O3. The van der Waals surface area contributed by atoms with Crippen LogP contribution in [0.25, 0.3) is 21.8 Å². The molecule has 200 valence electrons. The summed E-state index contributed by atoms with van der Waals surface area (Å²) in [6.07, 6.45) is 6.23. The Hall–Kier alpha value is -4.40. The van der Waals surface area contributed by atoms with Crippen LogP contribution in [0, 0.1) is 12.8 Å². The Balaban J connectivity index is 1.38. The summed E-state index contributed by atoms with van der Waals surface area (Å²) < 4.78 is 12.7. The third kappa shape index (κ3) is 4.92. The van der Waals surface area contributed by atoms with Crippen molar-refractivity contribution in [2.75, 3.05) is 37.7 Å². The standard InChI is InChI=1S/C30H32N6O3/c1-4-26(37)35-12-14-36(15-13-35)29-22-6-5-7-25(39-28-20(3)9-11-24-23(28)17-31-34-24)27(22)32-30(33-29)38-18-21-10-8-19(2)16-21/h4-7,9,11,17,21H,1-2,8,10,12-16,18H2,3H3,(H,31,34)/t21-/m1/s1. The number of nitrogens with zero attached hydrogens (tertiary/aromatic N) is 5. The van der Waals surface area contributed by atoms with E-state index in [1.165, 1.54) is 11.6 Å². The zero-order valence-corrected chi connectivity index (χ0v) is 22.2. The van der Waals surface area contributed by atoms with Crippen LogP contribution in [-0.4, -0.2) is 63.8 Å². The van der Waals surface area contributed by atoms with Crippen molar-refractivity contribution in [2.24, 2.45) is 5.92 Å². The Labute approximate surface area is 227 Å². The number of carbonyl (C=O) groups excluding carboxylic acids is 1. The minimum Gasteiger partial charge on any atom is -0.463 e. The molecule has 1 aliphatic carbocycles. The maximum atomic E-state index is 12.1. The Morgan fingerprint density at radius 1 is 1.15 bits per heavy atom. The predicted octanol–water partition coefficient (Wildman–Crippen LogP) is 5.18. The van der Waals surface area contributed by atoms with Crippen LogP contribution in [0.15, 0.2) is 61.3 Å². The number of amides is 1. The molecule has 1 amide bonds. The van der Waals surface area contributed by atoms with Gasteiger partial charge >= 0.3 is 6.01 Å². The van der Waals surface area contributed by atoms with E-state index in [2.05, 4.69) is 28.3 Å². The van der Waals surface area contributed by atoms with Gasteiger partial charge in [-0.05, 0) is 61.9 Å². The molecule has 1 aliphatic heterocycles. The van der Waals surface area contributed by atoms with E-state index in [0.29, 0.717) is 56.0 Å². The summed E-state index contributed by atoms with van der Waals surface area (Å²) in [6, 6.07) is 10.2. The molecule has 3 heterocycles. The number of ether oxygens (including phenoxy) is 2. The molecule has 0 bridgehead atoms. The lowest BCUT2D eigenvalue weighted by Crippen LogP contribution is -2.48. The molecule has 6 rings (SSSR count). The van der Waals surface area contributed by atoms with E-state index in [0.717, 1.165) is 52.7 Å². The van der Waals surface area contributed by atoms with Crippen LogP contribution in [0.4, 0.5) is 5.82 Å². The van der Waals surface area contributed by atoms with E-state index in [4.69, 9.17) is 19.4 Å². The fraction of sp³-hybridized carbons (Fsp3) is 0.333. The second-order valence-corrected chi connectivity index (χ2v) is 10.3. The number of para-hydroxylation sites is 1. The predicted molar refractivity (Wildman–Crippen MR) is 151 cm³/mol. The first kappa shape index (κ1) is 24.9. The van der Waals surface area contributed by atoms with Crippen LogP contribution in [0.2, 0.25) is 0 Å². The van der Waals surface area contributed by atoms with E-state index in [9.17, 15) is 4.79 Å². The summed E-state index contributed by atoms with van der Waals surface area (Å²) in [7, 11) is 0. The number of anilines is 1. The van der Waals surface area contributed by atoms with Gasteiger partial charge in [0.2, 0.25) is 5.91 Å². The van der Waals surface area contributed by atoms with Gasteiger partial charge < -0.3 is 19.3 Å². The number of nitrogens with one attached hydrogen (secondary N) is 1. The van der Waals surface area contributed by atoms with Gasteiger partial charge in [0, 0.05) is 31.6 Å². The number of aromatic nitrogens is 4. The number of piperazine rings is 1. The second-order valence-electron chi connectivity index (χ2n) is 10.3. The smallest absolute Gasteiger partial charge is 0.319 e. The molecule has 1 atom stereocenters. The van der Waals surface area contributed by atoms with Gasteiger partial charge in [-0.25, -0.2) is 0 Å². The van der Waals surface area contributed by atoms with Crippen LogP contribution < -0.4 is 14.4 Å². The number of fused-ring (bicyclic) bond motifs is 2. The van der Waals surface area contributed by atoms with Crippen LogP contribution in [0.3, 0.4) is 0 Å². The Bertz CT molecular complexity index is 1570. The number of allylic oxidation sites excluding steroid dienone is 1. The third-order valence-electron chi connectivity index (χ3n) is 7.63. The fourth-order valence-electron chi connectivity index (χ4n) is 5.45. The van der Waals surface area contributed by atoms with Gasteiger partial charge in [-0.1, -0.05) is 30.9 Å². The third-order valence-corrected chi connectivity index (χ3v) is 7.63. The van der Waals surface area contributed by atoms with Gasteiger partial charge in [0.05, 0.1) is 23.7 Å². The first-order chi connectivity index (χ1) is 19.0. The number of aromatic amines is 1. The molecule has 0 radical (unpaired) electrons. The van der Waals surface area contributed by atoms with Crippen LogP contribution >= 0.6 is 0 Å². The van der Waals surface area contributed by atoms with Crippen molar-refractivity contribution in [1.29, 1.82) is 0 Å². The summed E-state index contributed by atoms with van der Waals surface area (Å²) in [6.45, 7) is 12.8. The van der Waals surface area contributed by atoms with Crippen molar-refractivity contribution < 1.29 is 14.3 Å². The van der Waals surface area contributed by atoms with Crippen molar-refractivity contribution in [3.8, 4) is 17.5 Å². The van der Waals surface area contributed by atoms with Gasteiger partial charge in [0.15, 0.2) is 5.75 Å². The summed E-state index contributed by atoms with van der Waals surface area (Å²) in [5.74, 6) is 2.50. The number of hydrogen-bond donors (Lipinski definition) is 1. The summed E-state index contributed by atoms with van der Waals surface area (Å²) >= 11 is 0. The molecule has 0 unspecified atom stereocenters. The highest BCUT2D eigenvalue weighted by Gasteiger charge is 2.25. The molecule has 9 heteroatoms. The van der Waals surface area contributed by atoms with Gasteiger partial charge in [-0.3, -0.25) is 9.89 Å². The van der Waals surface area contributed by atoms with E-state index in [1.807, 2.05) is 37.3 Å². The van der Waals surface area contributed by atoms with E-state index in [-0.39, 0.29) is 5.91 Å². The average Bonchev–Trinajstić information content (AvgIpc) is 3.61. The first-order valence-corrected chi connectivity index (χ1v) is 13.4. The van der Waals surface area contributed by atoms with Crippen molar-refractivity contribution in [2.45, 2.75) is 26.2 Å². The molecule has 2 fully saturated rings. The molecule has 0 spiro atoms. The Morgan fingerprint density at radius 3 is 2.77 bits per heavy atom. The molecule has 9 nitrogen and oxygen atoms in total. The summed E-state index contributed by atoms with van der Waals surface area (Å²) in [5.41, 5.74) is 3.85. The Kier molecular flexibility index (Phi) is 6.64. The highest BCUT2D eigenvalue weighted by Crippen LogP contribution is 2.38.